The quantitative estimate of drug-likeness (QED) is 0.731. The maximum Gasteiger partial charge on any atom is 0.261 e. The van der Waals surface area contributed by atoms with E-state index < -0.39 is 23.1 Å². The van der Waals surface area contributed by atoms with Crippen LogP contribution in [0.1, 0.15) is 11.6 Å². The number of pyridine rings is 1. The van der Waals surface area contributed by atoms with Gasteiger partial charge in [0.1, 0.15) is 11.7 Å². The standard InChI is InChI=1S/C17H11FN4O2/c18-11-4-5-15-12(7-11)17(24)22(10-21-15)9-16(23)13(8-19)14-3-1-2-6-20-14/h1-7,10,13H,9H2/t13-/m1/s1. The lowest BCUT2D eigenvalue weighted by Gasteiger charge is -2.09. The second-order valence-electron chi connectivity index (χ2n) is 5.12. The number of nitriles is 1. The van der Waals surface area contributed by atoms with Crippen LogP contribution in [0.25, 0.3) is 10.9 Å². The molecule has 24 heavy (non-hydrogen) atoms. The summed E-state index contributed by atoms with van der Waals surface area (Å²) in [6, 6.07) is 10.5. The van der Waals surface area contributed by atoms with Crippen LogP contribution in [0.4, 0.5) is 4.39 Å². The molecule has 0 unspecified atom stereocenters. The minimum absolute atomic E-state index is 0.0802. The van der Waals surface area contributed by atoms with Crippen molar-refractivity contribution >= 4 is 16.7 Å². The van der Waals surface area contributed by atoms with Gasteiger partial charge in [-0.2, -0.15) is 5.26 Å². The van der Waals surface area contributed by atoms with Crippen LogP contribution < -0.4 is 5.56 Å². The Bertz CT molecular complexity index is 1010. The van der Waals surface area contributed by atoms with E-state index in [1.54, 1.807) is 18.2 Å². The van der Waals surface area contributed by atoms with Crippen LogP contribution in [0.15, 0.2) is 53.7 Å². The molecule has 0 N–H and O–H groups in total. The number of rotatable bonds is 4. The number of hydrogen-bond acceptors (Lipinski definition) is 5. The molecule has 0 amide bonds. The van der Waals surface area contributed by atoms with Gasteiger partial charge in [-0.3, -0.25) is 19.1 Å². The zero-order valence-electron chi connectivity index (χ0n) is 12.4. The van der Waals surface area contributed by atoms with Crippen LogP contribution >= 0.6 is 0 Å². The molecule has 3 aromatic rings. The fourth-order valence-electron chi connectivity index (χ4n) is 2.35. The van der Waals surface area contributed by atoms with E-state index in [0.717, 1.165) is 10.6 Å². The van der Waals surface area contributed by atoms with Crippen molar-refractivity contribution in [1.82, 2.24) is 14.5 Å². The lowest BCUT2D eigenvalue weighted by Crippen LogP contribution is -2.27. The molecule has 0 fully saturated rings. The van der Waals surface area contributed by atoms with E-state index in [1.165, 1.54) is 24.7 Å². The van der Waals surface area contributed by atoms with Crippen molar-refractivity contribution in [3.63, 3.8) is 0 Å². The van der Waals surface area contributed by atoms with Crippen molar-refractivity contribution in [1.29, 1.82) is 5.26 Å². The Morgan fingerprint density at radius 2 is 2.12 bits per heavy atom. The van der Waals surface area contributed by atoms with Crippen molar-refractivity contribution in [3.05, 3.63) is 70.8 Å². The van der Waals surface area contributed by atoms with E-state index in [9.17, 15) is 19.2 Å². The number of hydrogen-bond donors (Lipinski definition) is 0. The predicted octanol–water partition coefficient (Wildman–Crippen LogP) is 1.81. The summed E-state index contributed by atoms with van der Waals surface area (Å²) in [7, 11) is 0. The van der Waals surface area contributed by atoms with Crippen LogP contribution in [-0.4, -0.2) is 20.3 Å². The highest BCUT2D eigenvalue weighted by molar-refractivity contribution is 5.88. The minimum atomic E-state index is -1.08. The van der Waals surface area contributed by atoms with Crippen LogP contribution in [0.2, 0.25) is 0 Å². The van der Waals surface area contributed by atoms with Crippen LogP contribution in [0, 0.1) is 17.1 Å². The highest BCUT2D eigenvalue weighted by atomic mass is 19.1. The van der Waals surface area contributed by atoms with Gasteiger partial charge in [0, 0.05) is 6.20 Å². The largest absolute Gasteiger partial charge is 0.296 e. The number of halogens is 1. The van der Waals surface area contributed by atoms with Gasteiger partial charge in [0.2, 0.25) is 0 Å². The van der Waals surface area contributed by atoms with Gasteiger partial charge < -0.3 is 0 Å². The van der Waals surface area contributed by atoms with E-state index in [1.807, 2.05) is 6.07 Å². The molecule has 2 aromatic heterocycles. The lowest BCUT2D eigenvalue weighted by atomic mass is 10.0. The normalized spacial score (nSPS) is 11.8. The van der Waals surface area contributed by atoms with E-state index in [2.05, 4.69) is 9.97 Å². The van der Waals surface area contributed by atoms with Gasteiger partial charge in [-0.1, -0.05) is 6.07 Å². The number of ketones is 1. The summed E-state index contributed by atoms with van der Waals surface area (Å²) in [4.78, 5) is 32.8. The van der Waals surface area contributed by atoms with Gasteiger partial charge in [0.25, 0.3) is 5.56 Å². The van der Waals surface area contributed by atoms with Gasteiger partial charge in [-0.05, 0) is 30.3 Å². The van der Waals surface area contributed by atoms with E-state index in [-0.39, 0.29) is 11.9 Å². The SMILES string of the molecule is N#C[C@@H](C(=O)Cn1cnc2ccc(F)cc2c1=O)c1ccccn1. The number of fused-ring (bicyclic) bond motifs is 1. The summed E-state index contributed by atoms with van der Waals surface area (Å²) < 4.78 is 14.4. The van der Waals surface area contributed by atoms with Crippen LogP contribution in [0.3, 0.4) is 0 Å². The number of Topliss-reactive ketones (excluding diaryl/α,β-unsaturated/α-hetero) is 1. The third kappa shape index (κ3) is 2.90. The number of carbonyl (C=O) groups is 1. The summed E-state index contributed by atoms with van der Waals surface area (Å²) >= 11 is 0. The maximum atomic E-state index is 13.3. The Morgan fingerprint density at radius 3 is 2.83 bits per heavy atom. The Morgan fingerprint density at radius 1 is 1.29 bits per heavy atom. The van der Waals surface area contributed by atoms with E-state index in [4.69, 9.17) is 0 Å². The molecular weight excluding hydrogens is 311 g/mol. The molecule has 6 nitrogen and oxygen atoms in total. The van der Waals surface area contributed by atoms with Crippen LogP contribution in [-0.2, 0) is 11.3 Å². The first-order chi connectivity index (χ1) is 11.6. The lowest BCUT2D eigenvalue weighted by molar-refractivity contribution is -0.120. The van der Waals surface area contributed by atoms with E-state index in [0.29, 0.717) is 11.2 Å². The van der Waals surface area contributed by atoms with Gasteiger partial charge in [-0.15, -0.1) is 0 Å². The molecule has 7 heteroatoms. The van der Waals surface area contributed by atoms with Gasteiger partial charge in [0.15, 0.2) is 5.78 Å². The third-order valence-electron chi connectivity index (χ3n) is 3.55. The Hall–Kier alpha value is -3.40. The number of benzene rings is 1. The molecule has 0 aliphatic heterocycles. The summed E-state index contributed by atoms with van der Waals surface area (Å²) in [6.07, 6.45) is 2.70. The van der Waals surface area contributed by atoms with E-state index >= 15 is 0 Å². The number of aromatic nitrogens is 3. The van der Waals surface area contributed by atoms with Gasteiger partial charge >= 0.3 is 0 Å². The molecule has 0 aliphatic carbocycles. The topological polar surface area (TPSA) is 88.6 Å². The maximum absolute atomic E-state index is 13.3. The van der Waals surface area contributed by atoms with Crippen LogP contribution in [0.5, 0.6) is 0 Å². The van der Waals surface area contributed by atoms with Crippen molar-refractivity contribution in [2.75, 3.05) is 0 Å². The molecule has 0 saturated heterocycles. The predicted molar refractivity (Wildman–Crippen MR) is 83.6 cm³/mol. The zero-order chi connectivity index (χ0) is 17.1. The summed E-state index contributed by atoms with van der Waals surface area (Å²) in [5, 5.41) is 9.32. The average molecular weight is 322 g/mol. The summed E-state index contributed by atoms with van der Waals surface area (Å²) in [6.45, 7) is -0.340. The first-order valence-electron chi connectivity index (χ1n) is 7.08. The van der Waals surface area contributed by atoms with Crippen molar-refractivity contribution in [3.8, 4) is 6.07 Å². The van der Waals surface area contributed by atoms with Gasteiger partial charge in [0.05, 0.1) is 35.5 Å². The summed E-state index contributed by atoms with van der Waals surface area (Å²) in [5.74, 6) is -2.13. The molecule has 0 bridgehead atoms. The molecule has 2 heterocycles. The highest BCUT2D eigenvalue weighted by Gasteiger charge is 2.22. The molecule has 118 valence electrons. The summed E-state index contributed by atoms with van der Waals surface area (Å²) in [5.41, 5.74) is 0.120. The molecule has 3 rings (SSSR count). The third-order valence-corrected chi connectivity index (χ3v) is 3.55. The zero-order valence-corrected chi connectivity index (χ0v) is 12.4. The van der Waals surface area contributed by atoms with Crippen molar-refractivity contribution < 1.29 is 9.18 Å². The Kier molecular flexibility index (Phi) is 4.12. The molecule has 1 aromatic carbocycles. The molecule has 0 spiro atoms. The number of nitrogens with zero attached hydrogens (tertiary/aromatic N) is 4. The second-order valence-corrected chi connectivity index (χ2v) is 5.12. The molecule has 0 aliphatic rings. The smallest absolute Gasteiger partial charge is 0.261 e. The minimum Gasteiger partial charge on any atom is -0.296 e. The molecule has 1 atom stereocenters. The van der Waals surface area contributed by atoms with Crippen molar-refractivity contribution in [2.45, 2.75) is 12.5 Å². The number of carbonyl (C=O) groups excluding carboxylic acids is 1. The fourth-order valence-corrected chi connectivity index (χ4v) is 2.35. The first kappa shape index (κ1) is 15.5. The molecule has 0 saturated carbocycles. The Balaban J connectivity index is 1.95. The molecular formula is C17H11FN4O2. The second kappa shape index (κ2) is 6.38. The fraction of sp³-hybridized carbons (Fsp3) is 0.118. The first-order valence-corrected chi connectivity index (χ1v) is 7.08. The highest BCUT2D eigenvalue weighted by Crippen LogP contribution is 2.14. The van der Waals surface area contributed by atoms with Gasteiger partial charge in [-0.25, -0.2) is 9.37 Å². The average Bonchev–Trinajstić information content (AvgIpc) is 2.59. The Labute approximate surface area is 135 Å². The van der Waals surface area contributed by atoms with Crippen molar-refractivity contribution in [2.24, 2.45) is 0 Å². The monoisotopic (exact) mass is 322 g/mol. The molecule has 0 radical (unpaired) electrons.